The number of amides is 1. The van der Waals surface area contributed by atoms with E-state index in [1.54, 1.807) is 13.2 Å². The minimum absolute atomic E-state index is 0.0447. The first kappa shape index (κ1) is 24.5. The lowest BCUT2D eigenvalue weighted by Gasteiger charge is -2.26. The number of hydrogen-bond donors (Lipinski definition) is 2. The van der Waals surface area contributed by atoms with Crippen LogP contribution >= 0.6 is 0 Å². The molecule has 1 aliphatic rings. The zero-order chi connectivity index (χ0) is 25.5. The maximum Gasteiger partial charge on any atom is 0.295 e. The number of benzene rings is 2. The Morgan fingerprint density at radius 1 is 1.11 bits per heavy atom. The van der Waals surface area contributed by atoms with Crippen LogP contribution in [-0.4, -0.2) is 54.1 Å². The summed E-state index contributed by atoms with van der Waals surface area (Å²) >= 11 is 0. The highest BCUT2D eigenvalue weighted by Gasteiger charge is 2.47. The van der Waals surface area contributed by atoms with Crippen LogP contribution in [0.2, 0.25) is 0 Å². The number of aromatic amines is 1. The molecule has 35 heavy (non-hydrogen) atoms. The molecular weight excluding hydrogens is 444 g/mol. The Balaban J connectivity index is 2.01. The Kier molecular flexibility index (Phi) is 6.47. The van der Waals surface area contributed by atoms with E-state index < -0.39 is 17.7 Å². The molecule has 7 nitrogen and oxygen atoms in total. The lowest BCUT2D eigenvalue weighted by molar-refractivity contribution is -0.140. The molecule has 1 aliphatic heterocycles. The summed E-state index contributed by atoms with van der Waals surface area (Å²) in [5, 5.41) is 12.5. The number of Topliss-reactive ketones (excluding diaryl/α,β-unsaturated/α-hetero) is 1. The molecule has 3 aromatic rings. The van der Waals surface area contributed by atoms with Crippen LogP contribution in [-0.2, 0) is 19.7 Å². The zero-order valence-corrected chi connectivity index (χ0v) is 21.1. The number of aryl methyl sites for hydroxylation is 1. The van der Waals surface area contributed by atoms with E-state index in [0.717, 1.165) is 27.7 Å². The van der Waals surface area contributed by atoms with Gasteiger partial charge in [-0.25, -0.2) is 0 Å². The molecule has 1 amide bonds. The van der Waals surface area contributed by atoms with Gasteiger partial charge in [-0.2, -0.15) is 0 Å². The number of H-pyrrole nitrogens is 1. The quantitative estimate of drug-likeness (QED) is 0.301. The Hall–Kier alpha value is -3.58. The molecule has 2 aromatic carbocycles. The van der Waals surface area contributed by atoms with E-state index in [1.807, 2.05) is 43.3 Å². The van der Waals surface area contributed by atoms with Gasteiger partial charge in [0, 0.05) is 35.8 Å². The summed E-state index contributed by atoms with van der Waals surface area (Å²) in [4.78, 5) is 31.5. The number of aliphatic hydroxyl groups is 1. The van der Waals surface area contributed by atoms with Gasteiger partial charge in [-0.15, -0.1) is 0 Å². The number of methoxy groups -OCH3 is 2. The molecule has 2 N–H and O–H groups in total. The standard InChI is InChI=1S/C28H32N2O5/c1-16-22(18-9-7-8-10-20(18)29-16)24-23(26(32)27(33)30(24)13-14-34-5)25(31)19-15-17(28(2,3)4)11-12-21(19)35-6/h7-12,15,24,29,31H,13-14H2,1-6H3/b25-23+. The highest BCUT2D eigenvalue weighted by molar-refractivity contribution is 6.46. The second-order valence-corrected chi connectivity index (χ2v) is 9.86. The zero-order valence-electron chi connectivity index (χ0n) is 21.1. The van der Waals surface area contributed by atoms with Gasteiger partial charge in [-0.3, -0.25) is 9.59 Å². The molecule has 4 rings (SSSR count). The Morgan fingerprint density at radius 2 is 1.83 bits per heavy atom. The first-order valence-electron chi connectivity index (χ1n) is 11.6. The first-order chi connectivity index (χ1) is 16.6. The number of ether oxygens (including phenoxy) is 2. The number of aliphatic hydroxyl groups excluding tert-OH is 1. The fraction of sp³-hybridized carbons (Fsp3) is 0.357. The highest BCUT2D eigenvalue weighted by atomic mass is 16.5. The summed E-state index contributed by atoms with van der Waals surface area (Å²) in [5.41, 5.74) is 3.69. The van der Waals surface area contributed by atoms with Crippen LogP contribution in [0.25, 0.3) is 16.7 Å². The van der Waals surface area contributed by atoms with Gasteiger partial charge < -0.3 is 24.5 Å². The number of carbonyl (C=O) groups excluding carboxylic acids is 2. The van der Waals surface area contributed by atoms with Crippen LogP contribution in [0.15, 0.2) is 48.0 Å². The molecule has 1 saturated heterocycles. The SMILES string of the molecule is COCCN1C(=O)C(=O)/C(=C(/O)c2cc(C(C)(C)C)ccc2OC)C1c1c(C)[nH]c2ccccc12. The molecule has 0 aliphatic carbocycles. The number of likely N-dealkylation sites (tertiary alicyclic amines) is 1. The van der Waals surface area contributed by atoms with Crippen molar-refractivity contribution in [2.45, 2.75) is 39.2 Å². The van der Waals surface area contributed by atoms with Gasteiger partial charge in [-0.1, -0.05) is 45.0 Å². The number of para-hydroxylation sites is 1. The molecule has 0 spiro atoms. The third-order valence-electron chi connectivity index (χ3n) is 6.61. The Labute approximate surface area is 205 Å². The van der Waals surface area contributed by atoms with E-state index in [-0.39, 0.29) is 29.9 Å². The van der Waals surface area contributed by atoms with Crippen molar-refractivity contribution in [2.24, 2.45) is 0 Å². The molecule has 0 saturated carbocycles. The maximum absolute atomic E-state index is 13.4. The third-order valence-corrected chi connectivity index (χ3v) is 6.61. The molecule has 0 bridgehead atoms. The van der Waals surface area contributed by atoms with Crippen molar-refractivity contribution in [3.63, 3.8) is 0 Å². The van der Waals surface area contributed by atoms with E-state index in [1.165, 1.54) is 12.0 Å². The molecular formula is C28H32N2O5. The van der Waals surface area contributed by atoms with Gasteiger partial charge in [0.15, 0.2) is 0 Å². The van der Waals surface area contributed by atoms with E-state index in [9.17, 15) is 14.7 Å². The predicted octanol–water partition coefficient (Wildman–Crippen LogP) is 4.85. The van der Waals surface area contributed by atoms with Gasteiger partial charge in [0.2, 0.25) is 0 Å². The first-order valence-corrected chi connectivity index (χ1v) is 11.6. The molecule has 1 fully saturated rings. The van der Waals surface area contributed by atoms with E-state index in [0.29, 0.717) is 11.3 Å². The lowest BCUT2D eigenvalue weighted by atomic mass is 9.85. The third kappa shape index (κ3) is 4.21. The van der Waals surface area contributed by atoms with Crippen LogP contribution in [0.1, 0.15) is 49.2 Å². The number of fused-ring (bicyclic) bond motifs is 1. The average Bonchev–Trinajstić information content (AvgIpc) is 3.28. The monoisotopic (exact) mass is 476 g/mol. The number of aromatic nitrogens is 1. The minimum Gasteiger partial charge on any atom is -0.507 e. The summed E-state index contributed by atoms with van der Waals surface area (Å²) in [7, 11) is 3.06. The van der Waals surface area contributed by atoms with Crippen molar-refractivity contribution >= 4 is 28.4 Å². The Bertz CT molecular complexity index is 1330. The normalized spacial score (nSPS) is 18.0. The van der Waals surface area contributed by atoms with Crippen LogP contribution in [0.5, 0.6) is 5.75 Å². The van der Waals surface area contributed by atoms with Crippen molar-refractivity contribution in [1.82, 2.24) is 9.88 Å². The topological polar surface area (TPSA) is 91.9 Å². The van der Waals surface area contributed by atoms with Crippen LogP contribution in [0.4, 0.5) is 0 Å². The van der Waals surface area contributed by atoms with E-state index in [4.69, 9.17) is 9.47 Å². The van der Waals surface area contributed by atoms with Gasteiger partial charge in [0.05, 0.1) is 30.9 Å². The van der Waals surface area contributed by atoms with Crippen molar-refractivity contribution in [3.8, 4) is 5.75 Å². The molecule has 1 unspecified atom stereocenters. The Morgan fingerprint density at radius 3 is 2.49 bits per heavy atom. The summed E-state index contributed by atoms with van der Waals surface area (Å²) in [6.45, 7) is 8.58. The van der Waals surface area contributed by atoms with Crippen molar-refractivity contribution in [3.05, 3.63) is 70.4 Å². The number of rotatable bonds is 6. The molecule has 7 heteroatoms. The van der Waals surface area contributed by atoms with Crippen molar-refractivity contribution < 1.29 is 24.2 Å². The second kappa shape index (κ2) is 9.23. The molecule has 0 radical (unpaired) electrons. The fourth-order valence-corrected chi connectivity index (χ4v) is 4.76. The number of nitrogens with zero attached hydrogens (tertiary/aromatic N) is 1. The smallest absolute Gasteiger partial charge is 0.295 e. The highest BCUT2D eigenvalue weighted by Crippen LogP contribution is 2.44. The number of nitrogens with one attached hydrogen (secondary N) is 1. The van der Waals surface area contributed by atoms with Crippen LogP contribution < -0.4 is 4.74 Å². The van der Waals surface area contributed by atoms with Crippen molar-refractivity contribution in [2.75, 3.05) is 27.4 Å². The number of ketones is 1. The second-order valence-electron chi connectivity index (χ2n) is 9.86. The van der Waals surface area contributed by atoms with Crippen LogP contribution in [0.3, 0.4) is 0 Å². The lowest BCUT2D eigenvalue weighted by Crippen LogP contribution is -2.32. The molecule has 1 atom stereocenters. The summed E-state index contributed by atoms with van der Waals surface area (Å²) in [6, 6.07) is 12.5. The number of carbonyl (C=O) groups is 2. The summed E-state index contributed by atoms with van der Waals surface area (Å²) < 4.78 is 10.8. The van der Waals surface area contributed by atoms with E-state index in [2.05, 4.69) is 25.8 Å². The minimum atomic E-state index is -0.774. The van der Waals surface area contributed by atoms with E-state index >= 15 is 0 Å². The van der Waals surface area contributed by atoms with Gasteiger partial charge in [0.1, 0.15) is 11.5 Å². The van der Waals surface area contributed by atoms with Gasteiger partial charge in [-0.05, 0) is 36.1 Å². The fourth-order valence-electron chi connectivity index (χ4n) is 4.76. The van der Waals surface area contributed by atoms with Gasteiger partial charge >= 0.3 is 0 Å². The summed E-state index contributed by atoms with van der Waals surface area (Å²) in [6.07, 6.45) is 0. The molecule has 184 valence electrons. The predicted molar refractivity (Wildman–Crippen MR) is 136 cm³/mol. The van der Waals surface area contributed by atoms with Crippen molar-refractivity contribution in [1.29, 1.82) is 0 Å². The maximum atomic E-state index is 13.4. The van der Waals surface area contributed by atoms with Gasteiger partial charge in [0.25, 0.3) is 11.7 Å². The molecule has 2 heterocycles. The largest absolute Gasteiger partial charge is 0.507 e. The van der Waals surface area contributed by atoms with Crippen LogP contribution in [0, 0.1) is 6.92 Å². The number of hydrogen-bond acceptors (Lipinski definition) is 5. The average molecular weight is 477 g/mol. The summed E-state index contributed by atoms with van der Waals surface area (Å²) in [5.74, 6) is -1.21. The molecule has 1 aromatic heterocycles.